The van der Waals surface area contributed by atoms with Crippen LogP contribution in [0.15, 0.2) is 9.63 Å². The van der Waals surface area contributed by atoms with E-state index in [4.69, 9.17) is 5.26 Å². The third-order valence-electron chi connectivity index (χ3n) is 2.31. The Morgan fingerprint density at radius 3 is 2.59 bits per heavy atom. The number of sulfonamides is 1. The second kappa shape index (κ2) is 4.72. The van der Waals surface area contributed by atoms with E-state index in [1.54, 1.807) is 6.92 Å². The van der Waals surface area contributed by atoms with E-state index in [2.05, 4.69) is 31.0 Å². The van der Waals surface area contributed by atoms with Gasteiger partial charge in [-0.2, -0.15) is 9.98 Å². The molecule has 0 bridgehead atoms. The molecule has 1 atom stereocenters. The van der Waals surface area contributed by atoms with Crippen LogP contribution >= 0.6 is 15.9 Å². The average molecular weight is 322 g/mol. The van der Waals surface area contributed by atoms with Crippen LogP contribution in [0.1, 0.15) is 20.3 Å². The standard InChI is InChI=1S/C8H12BrN5O2S/c1-4-8(2,5-10)12-17(15,16)7-6(9)11-13-14(7)3/h12H,4H2,1-3H3. The van der Waals surface area contributed by atoms with Crippen LogP contribution in [-0.4, -0.2) is 29.0 Å². The largest absolute Gasteiger partial charge is 0.261 e. The van der Waals surface area contributed by atoms with Gasteiger partial charge in [-0.05, 0) is 29.3 Å². The van der Waals surface area contributed by atoms with Crippen LogP contribution in [-0.2, 0) is 17.1 Å². The monoisotopic (exact) mass is 321 g/mol. The van der Waals surface area contributed by atoms with E-state index in [0.717, 1.165) is 4.68 Å². The van der Waals surface area contributed by atoms with Crippen LogP contribution in [0.5, 0.6) is 0 Å². The lowest BCUT2D eigenvalue weighted by atomic mass is 10.0. The van der Waals surface area contributed by atoms with Gasteiger partial charge in [-0.3, -0.25) is 0 Å². The van der Waals surface area contributed by atoms with E-state index in [0.29, 0.717) is 6.42 Å². The molecule has 1 rings (SSSR count). The molecule has 0 saturated carbocycles. The molecule has 0 aliphatic carbocycles. The molecule has 0 saturated heterocycles. The molecular formula is C8H12BrN5O2S. The van der Waals surface area contributed by atoms with Crippen molar-refractivity contribution in [2.24, 2.45) is 7.05 Å². The molecule has 1 N–H and O–H groups in total. The SMILES string of the molecule is CCC(C)(C#N)NS(=O)(=O)c1c(Br)nnn1C. The van der Waals surface area contributed by atoms with E-state index < -0.39 is 15.6 Å². The smallest absolute Gasteiger partial charge is 0.235 e. The van der Waals surface area contributed by atoms with Gasteiger partial charge in [-0.25, -0.2) is 13.1 Å². The molecule has 0 aliphatic heterocycles. The number of nitrogens with one attached hydrogen (secondary N) is 1. The van der Waals surface area contributed by atoms with Crippen molar-refractivity contribution in [1.82, 2.24) is 19.7 Å². The highest BCUT2D eigenvalue weighted by atomic mass is 79.9. The lowest BCUT2D eigenvalue weighted by molar-refractivity contribution is 0.487. The number of rotatable bonds is 4. The van der Waals surface area contributed by atoms with Crippen molar-refractivity contribution in [3.63, 3.8) is 0 Å². The van der Waals surface area contributed by atoms with Crippen LogP contribution in [0.25, 0.3) is 0 Å². The van der Waals surface area contributed by atoms with Crippen LogP contribution < -0.4 is 4.72 Å². The minimum Gasteiger partial charge on any atom is -0.235 e. The molecule has 1 unspecified atom stereocenters. The molecule has 1 heterocycles. The highest BCUT2D eigenvalue weighted by Crippen LogP contribution is 2.20. The Morgan fingerprint density at radius 2 is 2.24 bits per heavy atom. The second-order valence-corrected chi connectivity index (χ2v) is 6.06. The molecule has 0 spiro atoms. The molecule has 0 aromatic carbocycles. The van der Waals surface area contributed by atoms with Gasteiger partial charge in [0.1, 0.15) is 5.54 Å². The Balaban J connectivity index is 3.20. The minimum atomic E-state index is -3.84. The minimum absolute atomic E-state index is 0.104. The van der Waals surface area contributed by atoms with Gasteiger partial charge >= 0.3 is 0 Å². The van der Waals surface area contributed by atoms with Gasteiger partial charge in [-0.1, -0.05) is 12.1 Å². The molecule has 0 radical (unpaired) electrons. The van der Waals surface area contributed by atoms with Gasteiger partial charge in [0.25, 0.3) is 10.0 Å². The number of halogens is 1. The first-order chi connectivity index (χ1) is 7.75. The van der Waals surface area contributed by atoms with Crippen LogP contribution in [0.2, 0.25) is 0 Å². The maximum absolute atomic E-state index is 12.1. The summed E-state index contributed by atoms with van der Waals surface area (Å²) in [5.41, 5.74) is -1.15. The molecule has 0 amide bonds. The zero-order valence-corrected chi connectivity index (χ0v) is 12.0. The fourth-order valence-electron chi connectivity index (χ4n) is 1.13. The molecule has 17 heavy (non-hydrogen) atoms. The molecule has 9 heteroatoms. The molecular weight excluding hydrogens is 310 g/mol. The third kappa shape index (κ3) is 2.83. The number of hydrogen-bond donors (Lipinski definition) is 1. The first-order valence-electron chi connectivity index (χ1n) is 4.76. The summed E-state index contributed by atoms with van der Waals surface area (Å²) in [6.07, 6.45) is 0.353. The van der Waals surface area contributed by atoms with Gasteiger partial charge in [0.2, 0.25) is 5.03 Å². The predicted octanol–water partition coefficient (Wildman–Crippen LogP) is 0.548. The number of aryl methyl sites for hydroxylation is 1. The summed E-state index contributed by atoms with van der Waals surface area (Å²) in [6, 6.07) is 1.93. The maximum Gasteiger partial charge on any atom is 0.261 e. The van der Waals surface area contributed by atoms with Crippen molar-refractivity contribution in [3.8, 4) is 6.07 Å². The summed E-state index contributed by atoms with van der Waals surface area (Å²) in [6.45, 7) is 3.24. The predicted molar refractivity (Wildman–Crippen MR) is 63.3 cm³/mol. The highest BCUT2D eigenvalue weighted by molar-refractivity contribution is 9.10. The third-order valence-corrected chi connectivity index (χ3v) is 4.79. The summed E-state index contributed by atoms with van der Waals surface area (Å²) in [5, 5.41) is 16.0. The van der Waals surface area contributed by atoms with Gasteiger partial charge in [0.05, 0.1) is 6.07 Å². The van der Waals surface area contributed by atoms with Crippen LogP contribution in [0, 0.1) is 11.3 Å². The number of nitriles is 1. The summed E-state index contributed by atoms with van der Waals surface area (Å²) in [4.78, 5) is 0. The van der Waals surface area contributed by atoms with Crippen molar-refractivity contribution in [1.29, 1.82) is 5.26 Å². The van der Waals surface area contributed by atoms with Crippen molar-refractivity contribution < 1.29 is 8.42 Å². The Morgan fingerprint density at radius 1 is 1.65 bits per heavy atom. The van der Waals surface area contributed by atoms with Crippen molar-refractivity contribution in [2.75, 3.05) is 0 Å². The first kappa shape index (κ1) is 14.1. The Hall–Kier alpha value is -0.980. The average Bonchev–Trinajstić information content (AvgIpc) is 2.58. The number of hydrogen-bond acceptors (Lipinski definition) is 5. The summed E-state index contributed by atoms with van der Waals surface area (Å²) < 4.78 is 27.7. The number of aromatic nitrogens is 3. The van der Waals surface area contributed by atoms with E-state index in [-0.39, 0.29) is 9.63 Å². The zero-order valence-electron chi connectivity index (χ0n) is 9.60. The topological polar surface area (TPSA) is 101 Å². The fraction of sp³-hybridized carbons (Fsp3) is 0.625. The molecule has 1 aromatic rings. The van der Waals surface area contributed by atoms with Crippen LogP contribution in [0.3, 0.4) is 0 Å². The van der Waals surface area contributed by atoms with Crippen molar-refractivity contribution >= 4 is 26.0 Å². The van der Waals surface area contributed by atoms with E-state index in [1.165, 1.54) is 14.0 Å². The molecule has 7 nitrogen and oxygen atoms in total. The second-order valence-electron chi connectivity index (χ2n) is 3.71. The Labute approximate surface area is 108 Å². The van der Waals surface area contributed by atoms with Gasteiger partial charge in [0, 0.05) is 7.05 Å². The Bertz CT molecular complexity index is 541. The highest BCUT2D eigenvalue weighted by Gasteiger charge is 2.32. The van der Waals surface area contributed by atoms with Gasteiger partial charge < -0.3 is 0 Å². The quantitative estimate of drug-likeness (QED) is 0.872. The zero-order chi connectivity index (χ0) is 13.3. The van der Waals surface area contributed by atoms with Crippen molar-refractivity contribution in [3.05, 3.63) is 4.60 Å². The van der Waals surface area contributed by atoms with Gasteiger partial charge in [0.15, 0.2) is 4.60 Å². The summed E-state index contributed by atoms with van der Waals surface area (Å²) in [5.74, 6) is 0. The van der Waals surface area contributed by atoms with E-state index in [9.17, 15) is 8.42 Å². The molecule has 0 aliphatic rings. The Kier molecular flexibility index (Phi) is 3.91. The first-order valence-corrected chi connectivity index (χ1v) is 7.04. The van der Waals surface area contributed by atoms with Crippen LogP contribution in [0.4, 0.5) is 0 Å². The maximum atomic E-state index is 12.1. The fourth-order valence-corrected chi connectivity index (χ4v) is 3.62. The lowest BCUT2D eigenvalue weighted by Gasteiger charge is -2.20. The summed E-state index contributed by atoms with van der Waals surface area (Å²) >= 11 is 3.01. The summed E-state index contributed by atoms with van der Waals surface area (Å²) in [7, 11) is -2.38. The number of nitrogens with zero attached hydrogens (tertiary/aromatic N) is 4. The molecule has 1 aromatic heterocycles. The van der Waals surface area contributed by atoms with E-state index in [1.807, 2.05) is 6.07 Å². The van der Waals surface area contributed by atoms with E-state index >= 15 is 0 Å². The normalized spacial score (nSPS) is 15.2. The molecule has 0 fully saturated rings. The van der Waals surface area contributed by atoms with Crippen molar-refractivity contribution in [2.45, 2.75) is 30.8 Å². The lowest BCUT2D eigenvalue weighted by Crippen LogP contribution is -2.44. The molecule has 94 valence electrons. The van der Waals surface area contributed by atoms with Gasteiger partial charge in [-0.15, -0.1) is 5.10 Å².